The summed E-state index contributed by atoms with van der Waals surface area (Å²) in [6.45, 7) is 6.20. The van der Waals surface area contributed by atoms with E-state index in [1.807, 2.05) is 17.8 Å². The molecule has 5 heterocycles. The molecule has 0 radical (unpaired) electrons. The molecule has 2 fully saturated rings. The van der Waals surface area contributed by atoms with Gasteiger partial charge in [0.15, 0.2) is 5.65 Å². The molecule has 9 nitrogen and oxygen atoms in total. The lowest BCUT2D eigenvalue weighted by molar-refractivity contribution is -0.0274. The van der Waals surface area contributed by atoms with Gasteiger partial charge in [0.25, 0.3) is 5.88 Å². The largest absolute Gasteiger partial charge is 0.475 e. The van der Waals surface area contributed by atoms with Crippen LogP contribution >= 0.6 is 0 Å². The van der Waals surface area contributed by atoms with Gasteiger partial charge in [0.2, 0.25) is 5.95 Å². The molecule has 0 amide bonds. The predicted octanol–water partition coefficient (Wildman–Crippen LogP) is 3.05. The lowest BCUT2D eigenvalue weighted by Gasteiger charge is -2.30. The average Bonchev–Trinajstić information content (AvgIpc) is 3.29. The van der Waals surface area contributed by atoms with Gasteiger partial charge < -0.3 is 14.8 Å². The highest BCUT2D eigenvalue weighted by Gasteiger charge is 2.48. The topological polar surface area (TPSA) is 91.9 Å². The molecule has 3 aliphatic rings. The molecule has 3 aromatic rings. The Labute approximate surface area is 168 Å². The van der Waals surface area contributed by atoms with E-state index in [1.165, 1.54) is 12.8 Å². The third-order valence-electron chi connectivity index (χ3n) is 6.40. The molecule has 2 bridgehead atoms. The van der Waals surface area contributed by atoms with Gasteiger partial charge in [-0.3, -0.25) is 4.68 Å². The molecule has 1 N–H and O–H groups in total. The Morgan fingerprint density at radius 1 is 1.21 bits per heavy atom. The number of nitrogens with zero attached hydrogens (tertiary/aromatic N) is 6. The molecular weight excluding hydrogens is 370 g/mol. The summed E-state index contributed by atoms with van der Waals surface area (Å²) < 4.78 is 16.2. The molecule has 3 aromatic heterocycles. The number of ether oxygens (including phenoxy) is 2. The third-order valence-corrected chi connectivity index (χ3v) is 6.40. The first-order valence-corrected chi connectivity index (χ1v) is 10.4. The molecule has 0 unspecified atom stereocenters. The minimum atomic E-state index is 0.0984. The molecular formula is C20H25N7O2. The highest BCUT2D eigenvalue weighted by molar-refractivity contribution is 5.79. The molecule has 9 heteroatoms. The summed E-state index contributed by atoms with van der Waals surface area (Å²) >= 11 is 0. The zero-order valence-electron chi connectivity index (χ0n) is 16.8. The molecule has 29 heavy (non-hydrogen) atoms. The van der Waals surface area contributed by atoms with Crippen LogP contribution in [0.4, 0.5) is 11.6 Å². The van der Waals surface area contributed by atoms with E-state index in [2.05, 4.69) is 27.0 Å². The van der Waals surface area contributed by atoms with Crippen LogP contribution in [-0.2, 0) is 11.3 Å². The standard InChI is InChI=1S/C20H25N7O2/c1-12-15-11-21-19-22-16-13(2)27(14-4-9-29-20(10-14)5-6-20)25-18(16)28-8-3-7-26(24-12)17(15)23-19/h11,14H,3-10H2,1-2H3,(H,21,22,23)/t14-/m1/s1. The molecule has 1 saturated carbocycles. The molecule has 6 rings (SSSR count). The van der Waals surface area contributed by atoms with Crippen LogP contribution in [0.5, 0.6) is 5.88 Å². The van der Waals surface area contributed by atoms with E-state index >= 15 is 0 Å². The van der Waals surface area contributed by atoms with E-state index in [1.54, 1.807) is 0 Å². The van der Waals surface area contributed by atoms with Gasteiger partial charge >= 0.3 is 0 Å². The second-order valence-corrected chi connectivity index (χ2v) is 8.45. The summed E-state index contributed by atoms with van der Waals surface area (Å²) in [6, 6.07) is 0.338. The quantitative estimate of drug-likeness (QED) is 0.677. The SMILES string of the molecule is Cc1nn2c3nc(ncc13)Nc1c(nn([C@@H]3CCOC4(CC4)C3)c1C)OCCC2. The molecule has 1 spiro atoms. The summed E-state index contributed by atoms with van der Waals surface area (Å²) in [7, 11) is 0. The number of aromatic nitrogens is 6. The first kappa shape index (κ1) is 17.2. The van der Waals surface area contributed by atoms with Crippen molar-refractivity contribution in [3.8, 4) is 5.88 Å². The summed E-state index contributed by atoms with van der Waals surface area (Å²) in [4.78, 5) is 9.25. The van der Waals surface area contributed by atoms with Crippen molar-refractivity contribution in [1.82, 2.24) is 29.5 Å². The Morgan fingerprint density at radius 2 is 2.10 bits per heavy atom. The van der Waals surface area contributed by atoms with Crippen molar-refractivity contribution in [2.75, 3.05) is 18.5 Å². The van der Waals surface area contributed by atoms with Crippen LogP contribution in [0.25, 0.3) is 11.0 Å². The second-order valence-electron chi connectivity index (χ2n) is 8.45. The van der Waals surface area contributed by atoms with Crippen LogP contribution in [0.15, 0.2) is 6.20 Å². The van der Waals surface area contributed by atoms with Gasteiger partial charge in [0.1, 0.15) is 5.69 Å². The first-order chi connectivity index (χ1) is 14.1. The number of fused-ring (bicyclic) bond motifs is 2. The summed E-state index contributed by atoms with van der Waals surface area (Å²) in [6.07, 6.45) is 7.01. The number of hydrogen-bond acceptors (Lipinski definition) is 7. The van der Waals surface area contributed by atoms with Crippen LogP contribution in [0.2, 0.25) is 0 Å². The normalized spacial score (nSPS) is 22.8. The number of nitrogens with one attached hydrogen (secondary N) is 1. The molecule has 1 saturated heterocycles. The highest BCUT2D eigenvalue weighted by atomic mass is 16.5. The number of aryl methyl sites for hydroxylation is 2. The third kappa shape index (κ3) is 2.78. The van der Waals surface area contributed by atoms with Gasteiger partial charge in [-0.1, -0.05) is 0 Å². The average molecular weight is 395 g/mol. The van der Waals surface area contributed by atoms with Crippen LogP contribution in [-0.4, -0.2) is 48.3 Å². The molecule has 0 aromatic carbocycles. The predicted molar refractivity (Wildman–Crippen MR) is 107 cm³/mol. The monoisotopic (exact) mass is 395 g/mol. The Hall–Kier alpha value is -2.68. The Kier molecular flexibility index (Phi) is 3.65. The van der Waals surface area contributed by atoms with E-state index in [0.717, 1.165) is 60.5 Å². The van der Waals surface area contributed by atoms with E-state index in [9.17, 15) is 0 Å². The molecule has 1 atom stereocenters. The zero-order chi connectivity index (χ0) is 19.6. The maximum absolute atomic E-state index is 6.10. The van der Waals surface area contributed by atoms with Crippen molar-refractivity contribution in [2.24, 2.45) is 0 Å². The van der Waals surface area contributed by atoms with Crippen LogP contribution in [0, 0.1) is 13.8 Å². The van der Waals surface area contributed by atoms with Crippen molar-refractivity contribution >= 4 is 22.7 Å². The lowest BCUT2D eigenvalue weighted by Crippen LogP contribution is -2.30. The maximum Gasteiger partial charge on any atom is 0.257 e. The fourth-order valence-corrected chi connectivity index (χ4v) is 4.61. The number of rotatable bonds is 1. The summed E-state index contributed by atoms with van der Waals surface area (Å²) in [5.74, 6) is 1.16. The molecule has 152 valence electrons. The van der Waals surface area contributed by atoms with E-state index in [-0.39, 0.29) is 5.60 Å². The van der Waals surface area contributed by atoms with Gasteiger partial charge in [-0.25, -0.2) is 9.67 Å². The minimum absolute atomic E-state index is 0.0984. The summed E-state index contributed by atoms with van der Waals surface area (Å²) in [5, 5.41) is 13.8. The number of hydrogen-bond donors (Lipinski definition) is 1. The van der Waals surface area contributed by atoms with E-state index < -0.39 is 0 Å². The van der Waals surface area contributed by atoms with Gasteiger partial charge in [-0.15, -0.1) is 5.10 Å². The lowest BCUT2D eigenvalue weighted by atomic mass is 10.0. The van der Waals surface area contributed by atoms with Crippen LogP contribution in [0.1, 0.15) is 49.5 Å². The Balaban J connectivity index is 1.40. The van der Waals surface area contributed by atoms with Gasteiger partial charge in [0.05, 0.1) is 35.0 Å². The Morgan fingerprint density at radius 3 is 2.97 bits per heavy atom. The first-order valence-electron chi connectivity index (χ1n) is 10.4. The van der Waals surface area contributed by atoms with Crippen molar-refractivity contribution < 1.29 is 9.47 Å². The Bertz CT molecular complexity index is 1100. The maximum atomic E-state index is 6.10. The second kappa shape index (κ2) is 6.16. The zero-order valence-corrected chi connectivity index (χ0v) is 16.8. The highest BCUT2D eigenvalue weighted by Crippen LogP contribution is 2.50. The van der Waals surface area contributed by atoms with E-state index in [4.69, 9.17) is 19.6 Å². The summed E-state index contributed by atoms with van der Waals surface area (Å²) in [5.41, 5.74) is 3.80. The molecule has 2 aliphatic heterocycles. The van der Waals surface area contributed by atoms with Crippen molar-refractivity contribution in [3.05, 3.63) is 17.6 Å². The fourth-order valence-electron chi connectivity index (χ4n) is 4.61. The fraction of sp³-hybridized carbons (Fsp3) is 0.600. The van der Waals surface area contributed by atoms with Crippen molar-refractivity contribution in [3.63, 3.8) is 0 Å². The van der Waals surface area contributed by atoms with Crippen molar-refractivity contribution in [2.45, 2.75) is 64.1 Å². The smallest absolute Gasteiger partial charge is 0.257 e. The van der Waals surface area contributed by atoms with Crippen LogP contribution in [0.3, 0.4) is 0 Å². The van der Waals surface area contributed by atoms with Crippen molar-refractivity contribution in [1.29, 1.82) is 0 Å². The molecule has 1 aliphatic carbocycles. The number of anilines is 2. The van der Waals surface area contributed by atoms with Gasteiger partial charge in [-0.2, -0.15) is 10.1 Å². The van der Waals surface area contributed by atoms with Gasteiger partial charge in [-0.05, 0) is 39.5 Å². The van der Waals surface area contributed by atoms with E-state index in [0.29, 0.717) is 24.5 Å². The minimum Gasteiger partial charge on any atom is -0.475 e. The van der Waals surface area contributed by atoms with Gasteiger partial charge in [0, 0.05) is 25.8 Å². The van der Waals surface area contributed by atoms with Crippen LogP contribution < -0.4 is 10.1 Å².